The molecule has 1 aromatic rings. The van der Waals surface area contributed by atoms with E-state index in [4.69, 9.17) is 9.47 Å². The Labute approximate surface area is 154 Å². The Kier molecular flexibility index (Phi) is 5.69. The van der Waals surface area contributed by atoms with E-state index in [1.165, 1.54) is 22.7 Å². The summed E-state index contributed by atoms with van der Waals surface area (Å²) in [4.78, 5) is 12.5. The minimum Gasteiger partial charge on any atom is -0.486 e. The summed E-state index contributed by atoms with van der Waals surface area (Å²) >= 11 is 0. The van der Waals surface area contributed by atoms with E-state index in [9.17, 15) is 13.2 Å². The quantitative estimate of drug-likeness (QED) is 0.798. The SMILES string of the molecule is CN(C)S(=O)(=O)N1CCC[C@@H](C(=O)NC[C@@H]2COc3ccccc3O2)C1. The third-order valence-corrected chi connectivity index (χ3v) is 6.52. The Balaban J connectivity index is 1.52. The molecule has 0 saturated carbocycles. The smallest absolute Gasteiger partial charge is 0.281 e. The van der Waals surface area contributed by atoms with Gasteiger partial charge in [-0.3, -0.25) is 4.79 Å². The maximum absolute atomic E-state index is 12.5. The summed E-state index contributed by atoms with van der Waals surface area (Å²) in [6, 6.07) is 7.41. The largest absolute Gasteiger partial charge is 0.486 e. The number of para-hydroxylation sites is 2. The number of fused-ring (bicyclic) bond motifs is 1. The number of nitrogens with zero attached hydrogens (tertiary/aromatic N) is 2. The molecule has 1 aromatic carbocycles. The van der Waals surface area contributed by atoms with E-state index < -0.39 is 10.2 Å². The second-order valence-corrected chi connectivity index (χ2v) is 8.87. The molecule has 2 heterocycles. The lowest BCUT2D eigenvalue weighted by atomic mass is 9.99. The van der Waals surface area contributed by atoms with Crippen LogP contribution in [0.3, 0.4) is 0 Å². The second-order valence-electron chi connectivity index (χ2n) is 6.73. The normalized spacial score (nSPS) is 23.7. The number of carbonyl (C=O) groups excluding carboxylic acids is 1. The van der Waals surface area contributed by atoms with E-state index in [2.05, 4.69) is 5.32 Å². The number of piperidine rings is 1. The molecule has 3 rings (SSSR count). The third kappa shape index (κ3) is 4.11. The number of ether oxygens (including phenoxy) is 2. The van der Waals surface area contributed by atoms with Crippen molar-refractivity contribution >= 4 is 16.1 Å². The van der Waals surface area contributed by atoms with E-state index in [0.29, 0.717) is 44.0 Å². The minimum absolute atomic E-state index is 0.147. The average molecular weight is 383 g/mol. The van der Waals surface area contributed by atoms with Crippen LogP contribution in [0.2, 0.25) is 0 Å². The van der Waals surface area contributed by atoms with Gasteiger partial charge in [0.25, 0.3) is 10.2 Å². The molecule has 2 atom stereocenters. The number of rotatable bonds is 5. The van der Waals surface area contributed by atoms with Crippen LogP contribution >= 0.6 is 0 Å². The molecular weight excluding hydrogens is 358 g/mol. The van der Waals surface area contributed by atoms with Crippen LogP contribution in [0, 0.1) is 5.92 Å². The van der Waals surface area contributed by atoms with Crippen molar-refractivity contribution in [2.75, 3.05) is 40.3 Å². The molecule has 1 N–H and O–H groups in total. The van der Waals surface area contributed by atoms with Crippen molar-refractivity contribution < 1.29 is 22.7 Å². The summed E-state index contributed by atoms with van der Waals surface area (Å²) in [7, 11) is -0.499. The van der Waals surface area contributed by atoms with Crippen LogP contribution in [0.4, 0.5) is 0 Å². The van der Waals surface area contributed by atoms with Gasteiger partial charge in [-0.25, -0.2) is 0 Å². The molecule has 0 unspecified atom stereocenters. The zero-order valence-corrected chi connectivity index (χ0v) is 15.9. The van der Waals surface area contributed by atoms with E-state index >= 15 is 0 Å². The number of benzene rings is 1. The first-order valence-electron chi connectivity index (χ1n) is 8.71. The van der Waals surface area contributed by atoms with Crippen LogP contribution in [-0.4, -0.2) is 69.4 Å². The van der Waals surface area contributed by atoms with Gasteiger partial charge in [-0.1, -0.05) is 12.1 Å². The van der Waals surface area contributed by atoms with Crippen LogP contribution in [-0.2, 0) is 15.0 Å². The molecule has 1 amide bonds. The highest BCUT2D eigenvalue weighted by Gasteiger charge is 2.33. The van der Waals surface area contributed by atoms with E-state index in [0.717, 1.165) is 0 Å². The van der Waals surface area contributed by atoms with Crippen molar-refractivity contribution in [3.8, 4) is 11.5 Å². The first-order chi connectivity index (χ1) is 12.4. The molecule has 8 nitrogen and oxygen atoms in total. The maximum Gasteiger partial charge on any atom is 0.281 e. The maximum atomic E-state index is 12.5. The summed E-state index contributed by atoms with van der Waals surface area (Å²) in [6.45, 7) is 1.34. The van der Waals surface area contributed by atoms with Crippen LogP contribution in [0.15, 0.2) is 24.3 Å². The fourth-order valence-electron chi connectivity index (χ4n) is 3.12. The number of hydrogen-bond donors (Lipinski definition) is 1. The topological polar surface area (TPSA) is 88.2 Å². The molecule has 144 valence electrons. The number of hydrogen-bond acceptors (Lipinski definition) is 5. The molecule has 0 spiro atoms. The Morgan fingerprint density at radius 1 is 1.31 bits per heavy atom. The van der Waals surface area contributed by atoms with Crippen LogP contribution in [0.25, 0.3) is 0 Å². The van der Waals surface area contributed by atoms with Gasteiger partial charge in [0.05, 0.1) is 12.5 Å². The van der Waals surface area contributed by atoms with Gasteiger partial charge >= 0.3 is 0 Å². The highest BCUT2D eigenvalue weighted by molar-refractivity contribution is 7.86. The Morgan fingerprint density at radius 3 is 2.77 bits per heavy atom. The molecule has 26 heavy (non-hydrogen) atoms. The number of amides is 1. The number of nitrogens with one attached hydrogen (secondary N) is 1. The highest BCUT2D eigenvalue weighted by atomic mass is 32.2. The zero-order valence-electron chi connectivity index (χ0n) is 15.1. The van der Waals surface area contributed by atoms with Gasteiger partial charge in [-0.05, 0) is 25.0 Å². The lowest BCUT2D eigenvalue weighted by Crippen LogP contribution is -2.50. The van der Waals surface area contributed by atoms with Crippen molar-refractivity contribution in [1.29, 1.82) is 0 Å². The molecule has 0 aliphatic carbocycles. The molecule has 2 aliphatic rings. The van der Waals surface area contributed by atoms with Crippen LogP contribution < -0.4 is 14.8 Å². The molecule has 0 radical (unpaired) electrons. The van der Waals surface area contributed by atoms with Gasteiger partial charge < -0.3 is 14.8 Å². The van der Waals surface area contributed by atoms with Crippen LogP contribution in [0.5, 0.6) is 11.5 Å². The van der Waals surface area contributed by atoms with Crippen molar-refractivity contribution in [2.45, 2.75) is 18.9 Å². The fraction of sp³-hybridized carbons (Fsp3) is 0.588. The first kappa shape index (κ1) is 18.9. The van der Waals surface area contributed by atoms with Gasteiger partial charge in [-0.15, -0.1) is 0 Å². The standard InChI is InChI=1S/C17H25N3O5S/c1-19(2)26(22,23)20-9-5-6-13(11-20)17(21)18-10-14-12-24-15-7-3-4-8-16(15)25-14/h3-4,7-8,13-14H,5-6,9-12H2,1-2H3,(H,18,21)/t13-,14-/m1/s1. The summed E-state index contributed by atoms with van der Waals surface area (Å²) in [6.07, 6.45) is 1.08. The molecule has 1 saturated heterocycles. The van der Waals surface area contributed by atoms with Crippen molar-refractivity contribution in [1.82, 2.24) is 13.9 Å². The predicted octanol–water partition coefficient (Wildman–Crippen LogP) is 0.461. The molecule has 1 fully saturated rings. The second kappa shape index (κ2) is 7.81. The molecule has 0 bridgehead atoms. The van der Waals surface area contributed by atoms with E-state index in [1.807, 2.05) is 24.3 Å². The molecule has 9 heteroatoms. The summed E-state index contributed by atoms with van der Waals surface area (Å²) in [5, 5.41) is 2.88. The van der Waals surface area contributed by atoms with Gasteiger partial charge in [0.1, 0.15) is 12.7 Å². The molecule has 2 aliphatic heterocycles. The van der Waals surface area contributed by atoms with Gasteiger partial charge in [-0.2, -0.15) is 17.0 Å². The lowest BCUT2D eigenvalue weighted by Gasteiger charge is -2.33. The van der Waals surface area contributed by atoms with Crippen molar-refractivity contribution in [3.05, 3.63) is 24.3 Å². The fourth-order valence-corrected chi connectivity index (χ4v) is 4.31. The zero-order chi connectivity index (χ0) is 18.7. The Bertz CT molecular complexity index is 753. The third-order valence-electron chi connectivity index (χ3n) is 4.61. The lowest BCUT2D eigenvalue weighted by molar-refractivity contribution is -0.126. The minimum atomic E-state index is -3.49. The average Bonchev–Trinajstić information content (AvgIpc) is 2.66. The van der Waals surface area contributed by atoms with Gasteiger partial charge in [0.2, 0.25) is 5.91 Å². The Morgan fingerprint density at radius 2 is 2.04 bits per heavy atom. The van der Waals surface area contributed by atoms with E-state index in [1.54, 1.807) is 0 Å². The van der Waals surface area contributed by atoms with Gasteiger partial charge in [0, 0.05) is 27.2 Å². The van der Waals surface area contributed by atoms with Crippen LogP contribution in [0.1, 0.15) is 12.8 Å². The highest BCUT2D eigenvalue weighted by Crippen LogP contribution is 2.30. The van der Waals surface area contributed by atoms with E-state index in [-0.39, 0.29) is 24.5 Å². The molecular formula is C17H25N3O5S. The molecule has 0 aromatic heterocycles. The first-order valence-corrected chi connectivity index (χ1v) is 10.1. The summed E-state index contributed by atoms with van der Waals surface area (Å²) in [5.74, 6) is 0.868. The summed E-state index contributed by atoms with van der Waals surface area (Å²) < 4.78 is 38.5. The predicted molar refractivity (Wildman–Crippen MR) is 96.3 cm³/mol. The number of carbonyl (C=O) groups is 1. The van der Waals surface area contributed by atoms with Crippen molar-refractivity contribution in [3.63, 3.8) is 0 Å². The Hall–Kier alpha value is -1.84. The van der Waals surface area contributed by atoms with Crippen molar-refractivity contribution in [2.24, 2.45) is 5.92 Å². The monoisotopic (exact) mass is 383 g/mol. The van der Waals surface area contributed by atoms with Gasteiger partial charge in [0.15, 0.2) is 11.5 Å². The summed E-state index contributed by atoms with van der Waals surface area (Å²) in [5.41, 5.74) is 0.